The summed E-state index contributed by atoms with van der Waals surface area (Å²) in [5.41, 5.74) is 2.18. The Morgan fingerprint density at radius 1 is 1.43 bits per heavy atom. The summed E-state index contributed by atoms with van der Waals surface area (Å²) < 4.78 is 28.2. The molecule has 2 rings (SSSR count). The highest BCUT2D eigenvalue weighted by Gasteiger charge is 2.27. The number of benzene rings is 1. The molecule has 0 heterocycles. The van der Waals surface area contributed by atoms with Crippen LogP contribution in [0.5, 0.6) is 0 Å². The number of fused-ring (bicyclic) bond motifs is 1. The van der Waals surface area contributed by atoms with Crippen molar-refractivity contribution in [2.45, 2.75) is 31.7 Å². The molecule has 1 aliphatic rings. The van der Waals surface area contributed by atoms with Crippen molar-refractivity contribution >= 4 is 16.2 Å². The van der Waals surface area contributed by atoms with Crippen molar-refractivity contribution in [2.75, 3.05) is 13.6 Å². The Morgan fingerprint density at radius 3 is 2.86 bits per heavy atom. The molecule has 0 aromatic heterocycles. The molecule has 1 unspecified atom stereocenters. The van der Waals surface area contributed by atoms with Crippen molar-refractivity contribution in [1.82, 2.24) is 9.03 Å². The smallest absolute Gasteiger partial charge is 0.304 e. The van der Waals surface area contributed by atoms with Gasteiger partial charge < -0.3 is 5.11 Å². The van der Waals surface area contributed by atoms with Gasteiger partial charge in [0.15, 0.2) is 0 Å². The van der Waals surface area contributed by atoms with E-state index in [0.29, 0.717) is 0 Å². The zero-order chi connectivity index (χ0) is 15.5. The summed E-state index contributed by atoms with van der Waals surface area (Å²) in [5.74, 6) is -1.01. The number of hydrogen-bond donors (Lipinski definition) is 2. The zero-order valence-corrected chi connectivity index (χ0v) is 12.8. The molecular formula is C14H20N2O4S. The molecule has 1 aliphatic carbocycles. The van der Waals surface area contributed by atoms with E-state index in [9.17, 15) is 13.2 Å². The molecule has 0 aliphatic heterocycles. The number of aliphatic carboxylic acids is 1. The second-order valence-electron chi connectivity index (χ2n) is 5.23. The monoisotopic (exact) mass is 312 g/mol. The molecule has 0 saturated carbocycles. The quantitative estimate of drug-likeness (QED) is 0.829. The Labute approximate surface area is 125 Å². The van der Waals surface area contributed by atoms with Crippen LogP contribution in [0, 0.1) is 0 Å². The number of carboxylic acids is 1. The number of carboxylic acid groups (broad SMARTS) is 1. The van der Waals surface area contributed by atoms with Gasteiger partial charge in [0, 0.05) is 19.6 Å². The summed E-state index contributed by atoms with van der Waals surface area (Å²) in [4.78, 5) is 10.5. The topological polar surface area (TPSA) is 86.7 Å². The summed E-state index contributed by atoms with van der Waals surface area (Å²) in [6.07, 6.45) is 2.44. The van der Waals surface area contributed by atoms with Crippen LogP contribution in [-0.2, 0) is 21.4 Å². The Balaban J connectivity index is 2.09. The van der Waals surface area contributed by atoms with Crippen LogP contribution in [0.1, 0.15) is 36.4 Å². The lowest BCUT2D eigenvalue weighted by molar-refractivity contribution is -0.137. The van der Waals surface area contributed by atoms with Crippen molar-refractivity contribution in [1.29, 1.82) is 0 Å². The van der Waals surface area contributed by atoms with E-state index in [1.807, 2.05) is 24.3 Å². The lowest BCUT2D eigenvalue weighted by Crippen LogP contribution is -2.41. The zero-order valence-electron chi connectivity index (χ0n) is 11.9. The van der Waals surface area contributed by atoms with E-state index in [1.54, 1.807) is 0 Å². The first-order valence-electron chi connectivity index (χ1n) is 6.93. The van der Waals surface area contributed by atoms with E-state index >= 15 is 0 Å². The van der Waals surface area contributed by atoms with Gasteiger partial charge in [-0.1, -0.05) is 24.3 Å². The van der Waals surface area contributed by atoms with Gasteiger partial charge in [-0.05, 0) is 30.4 Å². The van der Waals surface area contributed by atoms with E-state index in [2.05, 4.69) is 4.72 Å². The molecule has 0 amide bonds. The Kier molecular flexibility index (Phi) is 4.97. The summed E-state index contributed by atoms with van der Waals surface area (Å²) in [5, 5.41) is 8.64. The SMILES string of the molecule is CN(CCC(=O)O)S(=O)(=O)NC1CCCc2ccccc21. The first kappa shape index (κ1) is 15.9. The number of hydrogen-bond acceptors (Lipinski definition) is 3. The highest BCUT2D eigenvalue weighted by Crippen LogP contribution is 2.30. The summed E-state index contributed by atoms with van der Waals surface area (Å²) >= 11 is 0. The maximum atomic E-state index is 12.2. The van der Waals surface area contributed by atoms with Gasteiger partial charge in [0.25, 0.3) is 10.2 Å². The van der Waals surface area contributed by atoms with E-state index < -0.39 is 16.2 Å². The van der Waals surface area contributed by atoms with Crippen molar-refractivity contribution in [3.63, 3.8) is 0 Å². The van der Waals surface area contributed by atoms with Gasteiger partial charge in [0.2, 0.25) is 0 Å². The highest BCUT2D eigenvalue weighted by molar-refractivity contribution is 7.87. The van der Waals surface area contributed by atoms with Gasteiger partial charge in [-0.15, -0.1) is 0 Å². The minimum absolute atomic E-state index is 0.0426. The molecule has 7 heteroatoms. The maximum Gasteiger partial charge on any atom is 0.304 e. The third-order valence-electron chi connectivity index (χ3n) is 3.71. The number of carbonyl (C=O) groups is 1. The molecule has 21 heavy (non-hydrogen) atoms. The molecule has 116 valence electrons. The molecule has 6 nitrogen and oxygen atoms in total. The third kappa shape index (κ3) is 4.03. The van der Waals surface area contributed by atoms with Crippen LogP contribution >= 0.6 is 0 Å². The largest absolute Gasteiger partial charge is 0.481 e. The van der Waals surface area contributed by atoms with Crippen molar-refractivity contribution in [3.05, 3.63) is 35.4 Å². The molecule has 0 radical (unpaired) electrons. The van der Waals surface area contributed by atoms with Gasteiger partial charge >= 0.3 is 5.97 Å². The van der Waals surface area contributed by atoms with Gasteiger partial charge in [-0.25, -0.2) is 0 Å². The minimum Gasteiger partial charge on any atom is -0.481 e. The molecular weight excluding hydrogens is 292 g/mol. The highest BCUT2D eigenvalue weighted by atomic mass is 32.2. The fraction of sp³-hybridized carbons (Fsp3) is 0.500. The van der Waals surface area contributed by atoms with Crippen LogP contribution in [0.15, 0.2) is 24.3 Å². The van der Waals surface area contributed by atoms with Crippen molar-refractivity contribution in [3.8, 4) is 0 Å². The van der Waals surface area contributed by atoms with E-state index in [0.717, 1.165) is 29.1 Å². The Morgan fingerprint density at radius 2 is 2.14 bits per heavy atom. The molecule has 2 N–H and O–H groups in total. The molecule has 1 atom stereocenters. The molecule has 1 aromatic rings. The lowest BCUT2D eigenvalue weighted by Gasteiger charge is -2.28. The van der Waals surface area contributed by atoms with Crippen LogP contribution < -0.4 is 4.72 Å². The second kappa shape index (κ2) is 6.55. The van der Waals surface area contributed by atoms with E-state index in [-0.39, 0.29) is 19.0 Å². The standard InChI is InChI=1S/C14H20N2O4S/c1-16(10-9-14(17)18)21(19,20)15-13-8-4-6-11-5-2-3-7-12(11)13/h2-3,5,7,13,15H,4,6,8-10H2,1H3,(H,17,18). The molecule has 0 fully saturated rings. The first-order valence-corrected chi connectivity index (χ1v) is 8.37. The summed E-state index contributed by atoms with van der Waals surface area (Å²) in [6.45, 7) is -0.0426. The van der Waals surface area contributed by atoms with Crippen LogP contribution in [0.3, 0.4) is 0 Å². The summed E-state index contributed by atoms with van der Waals surface area (Å²) in [7, 11) is -2.29. The van der Waals surface area contributed by atoms with E-state index in [1.165, 1.54) is 12.6 Å². The average molecular weight is 312 g/mol. The normalized spacial score (nSPS) is 18.5. The van der Waals surface area contributed by atoms with Gasteiger partial charge in [0.05, 0.1) is 6.42 Å². The maximum absolute atomic E-state index is 12.2. The number of rotatable bonds is 6. The van der Waals surface area contributed by atoms with Crippen LogP contribution in [0.25, 0.3) is 0 Å². The fourth-order valence-corrected chi connectivity index (χ4v) is 3.64. The predicted molar refractivity (Wildman–Crippen MR) is 79.1 cm³/mol. The third-order valence-corrected chi connectivity index (χ3v) is 5.30. The van der Waals surface area contributed by atoms with E-state index in [4.69, 9.17) is 5.11 Å². The van der Waals surface area contributed by atoms with Crippen molar-refractivity contribution in [2.24, 2.45) is 0 Å². The number of aryl methyl sites for hydroxylation is 1. The summed E-state index contributed by atoms with van der Waals surface area (Å²) in [6, 6.07) is 7.57. The first-order chi connectivity index (χ1) is 9.90. The van der Waals surface area contributed by atoms with Crippen LogP contribution in [-0.4, -0.2) is 37.4 Å². The lowest BCUT2D eigenvalue weighted by atomic mass is 9.88. The Bertz CT molecular complexity index is 615. The van der Waals surface area contributed by atoms with Crippen LogP contribution in [0.4, 0.5) is 0 Å². The number of nitrogens with one attached hydrogen (secondary N) is 1. The molecule has 0 saturated heterocycles. The van der Waals surface area contributed by atoms with Crippen molar-refractivity contribution < 1.29 is 18.3 Å². The second-order valence-corrected chi connectivity index (χ2v) is 7.04. The number of nitrogens with zero attached hydrogens (tertiary/aromatic N) is 1. The predicted octanol–water partition coefficient (Wildman–Crippen LogP) is 1.30. The van der Waals surface area contributed by atoms with Crippen LogP contribution in [0.2, 0.25) is 0 Å². The fourth-order valence-electron chi connectivity index (χ4n) is 2.52. The molecule has 1 aromatic carbocycles. The van der Waals surface area contributed by atoms with Gasteiger partial charge in [-0.3, -0.25) is 4.79 Å². The van der Waals surface area contributed by atoms with Gasteiger partial charge in [-0.2, -0.15) is 17.4 Å². The minimum atomic E-state index is -3.68. The Hall–Kier alpha value is -1.44. The molecule has 0 spiro atoms. The molecule has 0 bridgehead atoms. The van der Waals surface area contributed by atoms with Gasteiger partial charge in [0.1, 0.15) is 0 Å². The average Bonchev–Trinajstić information content (AvgIpc) is 2.44.